The third kappa shape index (κ3) is 3.76. The van der Waals surface area contributed by atoms with Gasteiger partial charge in [-0.05, 0) is 36.0 Å². The van der Waals surface area contributed by atoms with Crippen LogP contribution >= 0.6 is 11.8 Å². The number of ether oxygens (including phenoxy) is 1. The molecule has 0 amide bonds. The molecule has 1 aromatic carbocycles. The Morgan fingerprint density at radius 3 is 2.74 bits per heavy atom. The molecule has 9 heteroatoms. The molecule has 1 unspecified atom stereocenters. The van der Waals surface area contributed by atoms with Gasteiger partial charge < -0.3 is 15.2 Å². The van der Waals surface area contributed by atoms with E-state index in [1.54, 1.807) is 13.2 Å². The van der Waals surface area contributed by atoms with Crippen LogP contribution in [-0.2, 0) is 11.3 Å². The van der Waals surface area contributed by atoms with Crippen LogP contribution in [0.15, 0.2) is 64.5 Å². The van der Waals surface area contributed by atoms with Gasteiger partial charge in [0.05, 0.1) is 12.1 Å². The second kappa shape index (κ2) is 8.49. The topological polar surface area (TPSA) is 97.9 Å². The van der Waals surface area contributed by atoms with Crippen LogP contribution in [0.1, 0.15) is 35.9 Å². The van der Waals surface area contributed by atoms with E-state index in [-0.39, 0.29) is 5.56 Å². The number of carboxylic acid groups (broad SMARTS) is 1. The lowest BCUT2D eigenvalue weighted by molar-refractivity contribution is -0.140. The lowest BCUT2D eigenvalue weighted by Gasteiger charge is -2.16. The van der Waals surface area contributed by atoms with Gasteiger partial charge in [0.25, 0.3) is 5.56 Å². The normalized spacial score (nSPS) is 16.9. The molecular formula is C26H24N4O4S. The lowest BCUT2D eigenvalue weighted by atomic mass is 10.0. The molecule has 0 bridgehead atoms. The molecule has 0 spiro atoms. The third-order valence-electron chi connectivity index (χ3n) is 6.60. The van der Waals surface area contributed by atoms with Crippen molar-refractivity contribution in [2.24, 2.45) is 0 Å². The van der Waals surface area contributed by atoms with Crippen LogP contribution in [0.2, 0.25) is 0 Å². The zero-order chi connectivity index (χ0) is 24.1. The summed E-state index contributed by atoms with van der Waals surface area (Å²) in [5.74, 6) is 1.16. The van der Waals surface area contributed by atoms with Crippen molar-refractivity contribution in [3.05, 3.63) is 76.2 Å². The Morgan fingerprint density at radius 1 is 1.23 bits per heavy atom. The zero-order valence-electron chi connectivity index (χ0n) is 19.1. The van der Waals surface area contributed by atoms with Gasteiger partial charge in [-0.2, -0.15) is 0 Å². The van der Waals surface area contributed by atoms with E-state index in [0.29, 0.717) is 35.3 Å². The van der Waals surface area contributed by atoms with Crippen LogP contribution in [-0.4, -0.2) is 37.9 Å². The fourth-order valence-corrected chi connectivity index (χ4v) is 6.12. The Kier molecular flexibility index (Phi) is 5.29. The molecule has 1 atom stereocenters. The number of nitrogens with zero attached hydrogens (tertiary/aromatic N) is 3. The number of methoxy groups -OCH3 is 1. The molecule has 0 saturated heterocycles. The highest BCUT2D eigenvalue weighted by atomic mass is 32.2. The summed E-state index contributed by atoms with van der Waals surface area (Å²) in [5, 5.41) is 14.0. The molecule has 0 radical (unpaired) electrons. The molecule has 8 nitrogen and oxygen atoms in total. The molecule has 1 aliphatic carbocycles. The predicted molar refractivity (Wildman–Crippen MR) is 135 cm³/mol. The summed E-state index contributed by atoms with van der Waals surface area (Å²) in [6.45, 7) is 0.589. The first-order chi connectivity index (χ1) is 17.0. The van der Waals surface area contributed by atoms with Gasteiger partial charge in [0.1, 0.15) is 29.0 Å². The summed E-state index contributed by atoms with van der Waals surface area (Å²) in [6, 6.07) is 14.6. The van der Waals surface area contributed by atoms with Gasteiger partial charge in [0.2, 0.25) is 0 Å². The summed E-state index contributed by atoms with van der Waals surface area (Å²) in [6.07, 6.45) is 3.94. The monoisotopic (exact) mass is 488 g/mol. The van der Waals surface area contributed by atoms with Crippen LogP contribution in [0, 0.1) is 0 Å². The maximum absolute atomic E-state index is 13.2. The predicted octanol–water partition coefficient (Wildman–Crippen LogP) is 4.39. The van der Waals surface area contributed by atoms with Crippen molar-refractivity contribution in [1.29, 1.82) is 0 Å². The van der Waals surface area contributed by atoms with Gasteiger partial charge in [0, 0.05) is 36.2 Å². The Hall–Kier alpha value is -3.72. The molecule has 178 valence electrons. The van der Waals surface area contributed by atoms with Crippen LogP contribution in [0.3, 0.4) is 0 Å². The van der Waals surface area contributed by atoms with Gasteiger partial charge in [-0.15, -0.1) is 11.8 Å². The van der Waals surface area contributed by atoms with Crippen molar-refractivity contribution in [3.8, 4) is 17.0 Å². The fourth-order valence-electron chi connectivity index (χ4n) is 4.73. The maximum atomic E-state index is 13.2. The molecule has 4 aromatic rings. The van der Waals surface area contributed by atoms with Crippen LogP contribution < -0.4 is 15.6 Å². The number of aliphatic carboxylic acids is 1. The van der Waals surface area contributed by atoms with Crippen molar-refractivity contribution in [2.75, 3.05) is 18.2 Å². The molecule has 1 aliphatic heterocycles. The van der Waals surface area contributed by atoms with E-state index in [2.05, 4.69) is 17.4 Å². The van der Waals surface area contributed by atoms with Gasteiger partial charge in [-0.3, -0.25) is 13.8 Å². The number of imidazole rings is 1. The Bertz CT molecular complexity index is 1510. The maximum Gasteiger partial charge on any atom is 0.327 e. The van der Waals surface area contributed by atoms with Crippen molar-refractivity contribution in [1.82, 2.24) is 14.0 Å². The minimum atomic E-state index is -0.974. The molecule has 6 rings (SSSR count). The standard InChI is InChI=1S/C26H24N4O4S/c1-34-17-9-10-29-20(11-17)28-23(24(29)27-13-15-5-3-2-4-6-15)18-12-21(31)30-19(26(32)33)14-35-25(30)22(18)16-7-8-16/h2-6,9-12,16,19,27H,7-8,13-14H2,1H3,(H,32,33). The van der Waals surface area contributed by atoms with Gasteiger partial charge in [-0.25, -0.2) is 9.78 Å². The number of fused-ring (bicyclic) bond motifs is 2. The first kappa shape index (κ1) is 21.8. The van der Waals surface area contributed by atoms with Crippen molar-refractivity contribution < 1.29 is 14.6 Å². The van der Waals surface area contributed by atoms with E-state index >= 15 is 0 Å². The molecule has 1 saturated carbocycles. The van der Waals surface area contributed by atoms with Crippen molar-refractivity contribution in [3.63, 3.8) is 0 Å². The first-order valence-corrected chi connectivity index (χ1v) is 12.5. The third-order valence-corrected chi connectivity index (χ3v) is 7.77. The second-order valence-corrected chi connectivity index (χ2v) is 9.88. The highest BCUT2D eigenvalue weighted by Crippen LogP contribution is 2.51. The molecule has 4 heterocycles. The number of carboxylic acids is 1. The lowest BCUT2D eigenvalue weighted by Crippen LogP contribution is -2.29. The van der Waals surface area contributed by atoms with Crippen molar-refractivity contribution in [2.45, 2.75) is 36.4 Å². The average molecular weight is 489 g/mol. The van der Waals surface area contributed by atoms with Gasteiger partial charge >= 0.3 is 5.97 Å². The van der Waals surface area contributed by atoms with Crippen LogP contribution in [0.5, 0.6) is 5.75 Å². The van der Waals surface area contributed by atoms with Gasteiger partial charge in [0.15, 0.2) is 0 Å². The number of hydrogen-bond donors (Lipinski definition) is 2. The minimum absolute atomic E-state index is 0.299. The van der Waals surface area contributed by atoms with Gasteiger partial charge in [-0.1, -0.05) is 30.3 Å². The van der Waals surface area contributed by atoms with E-state index in [4.69, 9.17) is 9.72 Å². The molecule has 2 aliphatic rings. The quantitative estimate of drug-likeness (QED) is 0.398. The summed E-state index contributed by atoms with van der Waals surface area (Å²) in [4.78, 5) is 30.0. The number of benzene rings is 1. The van der Waals surface area contributed by atoms with E-state index < -0.39 is 12.0 Å². The van der Waals surface area contributed by atoms with Crippen LogP contribution in [0.25, 0.3) is 16.9 Å². The second-order valence-electron chi connectivity index (χ2n) is 8.87. The highest BCUT2D eigenvalue weighted by molar-refractivity contribution is 7.99. The molecule has 35 heavy (non-hydrogen) atoms. The number of rotatable bonds is 7. The molecule has 3 aromatic heterocycles. The summed E-state index contributed by atoms with van der Waals surface area (Å²) < 4.78 is 8.83. The largest absolute Gasteiger partial charge is 0.497 e. The SMILES string of the molecule is COc1ccn2c(NCc3ccccc3)c(-c3cc(=O)n4c(c3C3CC3)SCC4C(=O)O)nc2c1. The number of aromatic nitrogens is 3. The number of hydrogen-bond acceptors (Lipinski definition) is 6. The Labute approximate surface area is 205 Å². The number of pyridine rings is 2. The van der Waals surface area contributed by atoms with E-state index in [1.807, 2.05) is 40.9 Å². The Morgan fingerprint density at radius 2 is 2.03 bits per heavy atom. The summed E-state index contributed by atoms with van der Waals surface area (Å²) >= 11 is 1.46. The Balaban J connectivity index is 1.55. The number of carbonyl (C=O) groups is 1. The molecule has 2 N–H and O–H groups in total. The van der Waals surface area contributed by atoms with Crippen molar-refractivity contribution >= 4 is 29.2 Å². The fraction of sp³-hybridized carbons (Fsp3) is 0.269. The van der Waals surface area contributed by atoms with E-state index in [0.717, 1.165) is 40.4 Å². The zero-order valence-corrected chi connectivity index (χ0v) is 19.9. The van der Waals surface area contributed by atoms with E-state index in [9.17, 15) is 14.7 Å². The number of thioether (sulfide) groups is 1. The number of nitrogens with one attached hydrogen (secondary N) is 1. The molecule has 1 fully saturated rings. The minimum Gasteiger partial charge on any atom is -0.497 e. The molecular weight excluding hydrogens is 464 g/mol. The number of anilines is 1. The highest BCUT2D eigenvalue weighted by Gasteiger charge is 2.38. The summed E-state index contributed by atoms with van der Waals surface area (Å²) in [7, 11) is 1.62. The smallest absolute Gasteiger partial charge is 0.327 e. The van der Waals surface area contributed by atoms with E-state index in [1.165, 1.54) is 16.3 Å². The van der Waals surface area contributed by atoms with Crippen LogP contribution in [0.4, 0.5) is 5.82 Å². The average Bonchev–Trinajstić information content (AvgIpc) is 3.49. The summed E-state index contributed by atoms with van der Waals surface area (Å²) in [5.41, 5.74) is 4.03. The first-order valence-electron chi connectivity index (χ1n) is 11.5.